The summed E-state index contributed by atoms with van der Waals surface area (Å²) in [6.45, 7) is 4.42. The van der Waals surface area contributed by atoms with Gasteiger partial charge in [-0.15, -0.1) is 0 Å². The van der Waals surface area contributed by atoms with Crippen LogP contribution in [-0.2, 0) is 16.1 Å². The maximum Gasteiger partial charge on any atom is 0.368 e. The van der Waals surface area contributed by atoms with Gasteiger partial charge in [-0.25, -0.2) is 4.79 Å². The van der Waals surface area contributed by atoms with Gasteiger partial charge in [-0.3, -0.25) is 4.99 Å². The van der Waals surface area contributed by atoms with Crippen molar-refractivity contribution in [2.75, 3.05) is 6.61 Å². The average Bonchev–Trinajstić information content (AvgIpc) is 2.28. The molecule has 0 saturated carbocycles. The molecule has 0 unspecified atom stereocenters. The number of carbonyl (C=O) groups excluding carboxylic acids is 1. The minimum Gasteiger partial charge on any atom is -0.461 e. The smallest absolute Gasteiger partial charge is 0.368 e. The molecule has 0 spiro atoms. The van der Waals surface area contributed by atoms with E-state index in [-0.39, 0.29) is 5.17 Å². The van der Waals surface area contributed by atoms with Crippen LogP contribution in [0.15, 0.2) is 29.3 Å². The van der Waals surface area contributed by atoms with Crippen molar-refractivity contribution >= 4 is 22.7 Å². The van der Waals surface area contributed by atoms with Crippen LogP contribution >= 0.6 is 11.6 Å². The molecule has 0 amide bonds. The summed E-state index contributed by atoms with van der Waals surface area (Å²) in [5.41, 5.74) is 2.19. The summed E-state index contributed by atoms with van der Waals surface area (Å²) in [6.07, 6.45) is 0. The van der Waals surface area contributed by atoms with Gasteiger partial charge in [0, 0.05) is 0 Å². The Kier molecular flexibility index (Phi) is 4.99. The third-order valence-electron chi connectivity index (χ3n) is 1.96. The van der Waals surface area contributed by atoms with Crippen molar-refractivity contribution in [3.63, 3.8) is 0 Å². The maximum absolute atomic E-state index is 11.1. The summed E-state index contributed by atoms with van der Waals surface area (Å²) in [5.74, 6) is -0.573. The molecule has 1 rings (SSSR count). The van der Waals surface area contributed by atoms with Gasteiger partial charge in [-0.05, 0) is 19.4 Å². The first kappa shape index (κ1) is 12.7. The molecular weight excluding hydrogens is 226 g/mol. The number of aryl methyl sites for hydroxylation is 1. The molecule has 1 aromatic rings. The molecule has 0 aliphatic carbocycles. The minimum atomic E-state index is -0.573. The lowest BCUT2D eigenvalue weighted by Gasteiger charge is -2.00. The van der Waals surface area contributed by atoms with Crippen molar-refractivity contribution in [1.29, 1.82) is 0 Å². The van der Waals surface area contributed by atoms with Crippen molar-refractivity contribution in [1.82, 2.24) is 0 Å². The van der Waals surface area contributed by atoms with Crippen LogP contribution in [0.25, 0.3) is 0 Å². The quantitative estimate of drug-likeness (QED) is 0.599. The predicted molar refractivity (Wildman–Crippen MR) is 64.8 cm³/mol. The first-order chi connectivity index (χ1) is 7.63. The Bertz CT molecular complexity index is 385. The molecule has 0 bridgehead atoms. The van der Waals surface area contributed by atoms with Crippen molar-refractivity contribution < 1.29 is 9.53 Å². The van der Waals surface area contributed by atoms with Crippen LogP contribution in [0.3, 0.4) is 0 Å². The number of hydrogen-bond donors (Lipinski definition) is 0. The second kappa shape index (κ2) is 6.28. The topological polar surface area (TPSA) is 38.7 Å². The Morgan fingerprint density at radius 1 is 1.38 bits per heavy atom. The van der Waals surface area contributed by atoms with E-state index in [1.165, 1.54) is 5.56 Å². The molecule has 0 radical (unpaired) electrons. The van der Waals surface area contributed by atoms with Crippen LogP contribution in [0, 0.1) is 6.92 Å². The van der Waals surface area contributed by atoms with Gasteiger partial charge in [0.05, 0.1) is 13.2 Å². The van der Waals surface area contributed by atoms with E-state index in [1.54, 1.807) is 6.92 Å². The van der Waals surface area contributed by atoms with E-state index in [2.05, 4.69) is 4.99 Å². The maximum atomic E-state index is 11.1. The van der Waals surface area contributed by atoms with Gasteiger partial charge in [0.25, 0.3) is 0 Å². The van der Waals surface area contributed by atoms with Crippen LogP contribution in [0.5, 0.6) is 0 Å². The van der Waals surface area contributed by atoms with Gasteiger partial charge in [0.15, 0.2) is 0 Å². The molecule has 1 aromatic carbocycles. The van der Waals surface area contributed by atoms with E-state index in [1.807, 2.05) is 31.2 Å². The number of rotatable bonds is 4. The Balaban J connectivity index is 2.58. The van der Waals surface area contributed by atoms with Crippen molar-refractivity contribution in [2.45, 2.75) is 20.4 Å². The fraction of sp³-hybridized carbons (Fsp3) is 0.333. The van der Waals surface area contributed by atoms with Crippen LogP contribution in [0.1, 0.15) is 18.1 Å². The molecule has 3 nitrogen and oxygen atoms in total. The molecular formula is C12H14ClNO2. The average molecular weight is 240 g/mol. The highest BCUT2D eigenvalue weighted by molar-refractivity contribution is 6.82. The number of hydrogen-bond acceptors (Lipinski definition) is 3. The third kappa shape index (κ3) is 4.03. The zero-order valence-corrected chi connectivity index (χ0v) is 10.1. The SMILES string of the molecule is CCOC(=O)C(Cl)=NCc1ccc(C)cc1. The Morgan fingerprint density at radius 2 is 2.00 bits per heavy atom. The molecule has 0 heterocycles. The van der Waals surface area contributed by atoms with E-state index in [4.69, 9.17) is 16.3 Å². The van der Waals surface area contributed by atoms with Crippen molar-refractivity contribution in [3.05, 3.63) is 35.4 Å². The standard InChI is InChI=1S/C12H14ClNO2/c1-3-16-12(15)11(13)14-8-10-6-4-9(2)5-7-10/h4-7H,3,8H2,1-2H3. The lowest BCUT2D eigenvalue weighted by molar-refractivity contribution is -0.134. The second-order valence-electron chi connectivity index (χ2n) is 3.31. The van der Waals surface area contributed by atoms with Crippen LogP contribution in [-0.4, -0.2) is 17.7 Å². The van der Waals surface area contributed by atoms with E-state index >= 15 is 0 Å². The normalized spacial score (nSPS) is 11.3. The lowest BCUT2D eigenvalue weighted by Crippen LogP contribution is -2.12. The largest absolute Gasteiger partial charge is 0.461 e. The molecule has 4 heteroatoms. The van der Waals surface area contributed by atoms with Gasteiger partial charge >= 0.3 is 5.97 Å². The first-order valence-corrected chi connectivity index (χ1v) is 5.44. The minimum absolute atomic E-state index is 0.109. The summed E-state index contributed by atoms with van der Waals surface area (Å²) in [7, 11) is 0. The van der Waals surface area contributed by atoms with Crippen LogP contribution < -0.4 is 0 Å². The lowest BCUT2D eigenvalue weighted by atomic mass is 10.1. The van der Waals surface area contributed by atoms with E-state index < -0.39 is 5.97 Å². The molecule has 0 saturated heterocycles. The van der Waals surface area contributed by atoms with E-state index in [0.717, 1.165) is 5.56 Å². The Morgan fingerprint density at radius 3 is 2.56 bits per heavy atom. The zero-order chi connectivity index (χ0) is 12.0. The Labute approximate surface area is 100 Å². The highest BCUT2D eigenvalue weighted by Gasteiger charge is 2.07. The Hall–Kier alpha value is -1.35. The molecule has 0 aromatic heterocycles. The summed E-state index contributed by atoms with van der Waals surface area (Å²) < 4.78 is 4.71. The highest BCUT2D eigenvalue weighted by atomic mass is 35.5. The van der Waals surface area contributed by atoms with Crippen molar-refractivity contribution in [2.24, 2.45) is 4.99 Å². The molecule has 0 aliphatic heterocycles. The summed E-state index contributed by atoms with van der Waals surface area (Å²) in [5, 5.41) is -0.109. The van der Waals surface area contributed by atoms with Crippen LogP contribution in [0.4, 0.5) is 0 Å². The van der Waals surface area contributed by atoms with Crippen molar-refractivity contribution in [3.8, 4) is 0 Å². The monoisotopic (exact) mass is 239 g/mol. The van der Waals surface area contributed by atoms with Gasteiger partial charge < -0.3 is 4.74 Å². The fourth-order valence-corrected chi connectivity index (χ4v) is 1.22. The highest BCUT2D eigenvalue weighted by Crippen LogP contribution is 2.05. The molecule has 0 aliphatic rings. The number of aliphatic imine (C=N–C) groups is 1. The number of benzene rings is 1. The molecule has 0 fully saturated rings. The number of ether oxygens (including phenoxy) is 1. The molecule has 0 N–H and O–H groups in total. The van der Waals surface area contributed by atoms with Gasteiger partial charge in [-0.2, -0.15) is 0 Å². The molecule has 16 heavy (non-hydrogen) atoms. The first-order valence-electron chi connectivity index (χ1n) is 5.06. The van der Waals surface area contributed by atoms with Gasteiger partial charge in [0.1, 0.15) is 0 Å². The van der Waals surface area contributed by atoms with E-state index in [0.29, 0.717) is 13.2 Å². The fourth-order valence-electron chi connectivity index (χ4n) is 1.11. The molecule has 0 atom stereocenters. The number of halogens is 1. The zero-order valence-electron chi connectivity index (χ0n) is 9.37. The molecule has 86 valence electrons. The third-order valence-corrected chi connectivity index (χ3v) is 2.24. The van der Waals surface area contributed by atoms with Crippen LogP contribution in [0.2, 0.25) is 0 Å². The van der Waals surface area contributed by atoms with E-state index in [9.17, 15) is 4.79 Å². The summed E-state index contributed by atoms with van der Waals surface area (Å²) >= 11 is 5.67. The number of esters is 1. The second-order valence-corrected chi connectivity index (χ2v) is 3.67. The summed E-state index contributed by atoms with van der Waals surface area (Å²) in [6, 6.07) is 7.88. The predicted octanol–water partition coefficient (Wildman–Crippen LogP) is 2.70. The van der Waals surface area contributed by atoms with Gasteiger partial charge in [-0.1, -0.05) is 41.4 Å². The number of carbonyl (C=O) groups is 1. The number of nitrogens with zero attached hydrogens (tertiary/aromatic N) is 1. The van der Waals surface area contributed by atoms with Gasteiger partial charge in [0.2, 0.25) is 5.17 Å². The summed E-state index contributed by atoms with van der Waals surface area (Å²) in [4.78, 5) is 15.1.